The van der Waals surface area contributed by atoms with Gasteiger partial charge in [0, 0.05) is 32.7 Å². The van der Waals surface area contributed by atoms with Gasteiger partial charge in [0.2, 0.25) is 10.3 Å². The van der Waals surface area contributed by atoms with Crippen LogP contribution in [0.3, 0.4) is 0 Å². The summed E-state index contributed by atoms with van der Waals surface area (Å²) < 4.78 is 20.7. The Kier molecular flexibility index (Phi) is 11.6. The smallest absolute Gasteiger partial charge is 0.336 e. The average molecular weight is 416 g/mol. The molecule has 3 N–H and O–H groups in total. The predicted octanol–water partition coefficient (Wildman–Crippen LogP) is 0.260. The number of hydrogen-bond acceptors (Lipinski definition) is 6. The predicted molar refractivity (Wildman–Crippen MR) is 109 cm³/mol. The Bertz CT molecular complexity index is 758. The maximum absolute atomic E-state index is 11.4. The van der Waals surface area contributed by atoms with Gasteiger partial charge in [0.15, 0.2) is 0 Å². The molecule has 11 heteroatoms. The number of urea groups is 1. The topological polar surface area (TPSA) is 116 Å². The van der Waals surface area contributed by atoms with Crippen LogP contribution in [0.1, 0.15) is 19.4 Å². The summed E-state index contributed by atoms with van der Waals surface area (Å²) in [4.78, 5) is 23.4. The maximum Gasteiger partial charge on any atom is 0.336 e. The first-order valence-electron chi connectivity index (χ1n) is 7.99. The van der Waals surface area contributed by atoms with Gasteiger partial charge in [0.05, 0.1) is 0 Å². The first-order chi connectivity index (χ1) is 12.6. The lowest BCUT2D eigenvalue weighted by molar-refractivity contribution is -0.133. The van der Waals surface area contributed by atoms with Gasteiger partial charge in [-0.05, 0) is 13.8 Å². The molecule has 1 rings (SSSR count). The second-order valence-electron chi connectivity index (χ2n) is 5.07. The van der Waals surface area contributed by atoms with Gasteiger partial charge >= 0.3 is 6.03 Å². The van der Waals surface area contributed by atoms with E-state index in [9.17, 15) is 18.0 Å². The highest BCUT2D eigenvalue weighted by Crippen LogP contribution is 2.01. The van der Waals surface area contributed by atoms with Crippen molar-refractivity contribution < 1.29 is 18.0 Å². The minimum Gasteiger partial charge on any atom is -0.337 e. The van der Waals surface area contributed by atoms with Crippen molar-refractivity contribution in [1.29, 1.82) is 0 Å². The van der Waals surface area contributed by atoms with E-state index < -0.39 is 22.2 Å². The van der Waals surface area contributed by atoms with Crippen molar-refractivity contribution in [3.8, 4) is 0 Å². The van der Waals surface area contributed by atoms with Crippen LogP contribution in [-0.2, 0) is 15.1 Å². The number of hydrazine groups is 2. The number of amides is 3. The molecule has 150 valence electrons. The van der Waals surface area contributed by atoms with Crippen LogP contribution in [0.2, 0.25) is 0 Å². The van der Waals surface area contributed by atoms with E-state index in [0.717, 1.165) is 15.6 Å². The molecule has 27 heavy (non-hydrogen) atoms. The normalized spacial score (nSPS) is 9.22. The van der Waals surface area contributed by atoms with Crippen molar-refractivity contribution in [2.24, 2.45) is 5.84 Å². The third-order valence-electron chi connectivity index (χ3n) is 3.08. The quantitative estimate of drug-likeness (QED) is 0.412. The maximum atomic E-state index is 11.4. The Labute approximate surface area is 166 Å². The highest BCUT2D eigenvalue weighted by molar-refractivity contribution is 7.80. The van der Waals surface area contributed by atoms with Gasteiger partial charge in [-0.15, -0.1) is 0 Å². The Morgan fingerprint density at radius 2 is 1.74 bits per heavy atom. The fourth-order valence-corrected chi connectivity index (χ4v) is 2.24. The van der Waals surface area contributed by atoms with Crippen molar-refractivity contribution in [2.45, 2.75) is 13.8 Å². The third-order valence-corrected chi connectivity index (χ3v) is 3.99. The monoisotopic (exact) mass is 415 g/mol. The van der Waals surface area contributed by atoms with Crippen LogP contribution in [0, 0.1) is 0 Å². The molecule has 0 unspecified atom stereocenters. The highest BCUT2D eigenvalue weighted by Gasteiger charge is 2.19. The molecule has 0 bridgehead atoms. The van der Waals surface area contributed by atoms with E-state index in [1.807, 2.05) is 30.3 Å². The summed E-state index contributed by atoms with van der Waals surface area (Å²) in [7, 11) is 0.538. The summed E-state index contributed by atoms with van der Waals surface area (Å²) >= 11 is 5.05. The largest absolute Gasteiger partial charge is 0.337 e. The molecule has 1 aromatic carbocycles. The third kappa shape index (κ3) is 9.13. The minimum atomic E-state index is -2.58. The van der Waals surface area contributed by atoms with Gasteiger partial charge in [-0.1, -0.05) is 42.5 Å². The van der Waals surface area contributed by atoms with Gasteiger partial charge in [0.25, 0.3) is 5.91 Å². The minimum absolute atomic E-state index is 0.195. The number of carbonyl (C=O) groups excluding carboxylic acids is 2. The fraction of sp³-hybridized carbons (Fsp3) is 0.375. The SMILES string of the molecule is CCNC(=O)N(C)N(CC)C(=O)C=S(=O)=O.CN(N)C(=S)c1ccccc1. The molecule has 0 heterocycles. The fourth-order valence-electron chi connectivity index (χ4n) is 1.82. The van der Waals surface area contributed by atoms with Crippen LogP contribution in [-0.4, -0.2) is 72.9 Å². The molecule has 9 nitrogen and oxygen atoms in total. The lowest BCUT2D eigenvalue weighted by Gasteiger charge is -2.29. The first kappa shape index (κ1) is 24.5. The number of thiocarbonyl (C=S) groups is 1. The Balaban J connectivity index is 0.000000533. The molecule has 0 fully saturated rings. The van der Waals surface area contributed by atoms with Crippen molar-refractivity contribution in [3.63, 3.8) is 0 Å². The van der Waals surface area contributed by atoms with E-state index in [-0.39, 0.29) is 6.54 Å². The Morgan fingerprint density at radius 3 is 2.15 bits per heavy atom. The van der Waals surface area contributed by atoms with E-state index in [1.54, 1.807) is 20.9 Å². The molecule has 0 aliphatic heterocycles. The first-order valence-corrected chi connectivity index (χ1v) is 9.53. The van der Waals surface area contributed by atoms with Gasteiger partial charge in [-0.25, -0.2) is 20.7 Å². The molecule has 0 atom stereocenters. The molecule has 0 radical (unpaired) electrons. The average Bonchev–Trinajstić information content (AvgIpc) is 2.62. The van der Waals surface area contributed by atoms with Crippen molar-refractivity contribution >= 4 is 44.8 Å². The van der Waals surface area contributed by atoms with E-state index in [1.165, 1.54) is 12.1 Å². The number of nitrogens with one attached hydrogen (secondary N) is 1. The summed E-state index contributed by atoms with van der Waals surface area (Å²) in [5, 5.41) is 6.49. The molecular formula is C16H25N5O4S2. The molecule has 0 aromatic heterocycles. The van der Waals surface area contributed by atoms with Crippen LogP contribution in [0.25, 0.3) is 0 Å². The van der Waals surface area contributed by atoms with E-state index in [4.69, 9.17) is 18.1 Å². The molecule has 3 amide bonds. The van der Waals surface area contributed by atoms with Crippen LogP contribution in [0.15, 0.2) is 30.3 Å². The molecule has 1 aromatic rings. The summed E-state index contributed by atoms with van der Waals surface area (Å²) in [6.45, 7) is 3.99. The summed E-state index contributed by atoms with van der Waals surface area (Å²) in [6, 6.07) is 9.22. The molecule has 0 spiro atoms. The summed E-state index contributed by atoms with van der Waals surface area (Å²) in [6.07, 6.45) is 0. The zero-order chi connectivity index (χ0) is 21.0. The number of nitrogens with zero attached hydrogens (tertiary/aromatic N) is 3. The number of rotatable bonds is 4. The van der Waals surface area contributed by atoms with Crippen molar-refractivity contribution in [2.75, 3.05) is 27.2 Å². The summed E-state index contributed by atoms with van der Waals surface area (Å²) in [5.41, 5.74) is 0.979. The zero-order valence-corrected chi connectivity index (χ0v) is 17.4. The molecule has 0 aliphatic rings. The summed E-state index contributed by atoms with van der Waals surface area (Å²) in [5.74, 6) is 4.70. The molecule has 0 saturated heterocycles. The number of hydrogen-bond donors (Lipinski definition) is 2. The standard InChI is InChI=1S/C8H15N3O4S.C8H10N2S/c1-4-9-8(13)10(3)11(5-2)7(12)6-16(14)15;1-10(9)8(11)7-5-3-2-4-6-7/h6H,4-5H2,1-3H3,(H,9,13);2-6H,9H2,1H3. The van der Waals surface area contributed by atoms with E-state index >= 15 is 0 Å². The van der Waals surface area contributed by atoms with Gasteiger partial charge in [-0.2, -0.15) is 8.42 Å². The van der Waals surface area contributed by atoms with Gasteiger partial charge in [0.1, 0.15) is 10.4 Å². The number of nitrogens with two attached hydrogens (primary N) is 1. The number of benzene rings is 1. The second-order valence-corrected chi connectivity index (χ2v) is 6.22. The Hall–Kier alpha value is -2.50. The van der Waals surface area contributed by atoms with Crippen LogP contribution in [0.4, 0.5) is 4.79 Å². The zero-order valence-electron chi connectivity index (χ0n) is 15.7. The number of carbonyl (C=O) groups is 2. The van der Waals surface area contributed by atoms with E-state index in [2.05, 4.69) is 5.32 Å². The van der Waals surface area contributed by atoms with Crippen molar-refractivity contribution in [3.05, 3.63) is 35.9 Å². The second kappa shape index (κ2) is 12.8. The Morgan fingerprint density at radius 1 is 1.19 bits per heavy atom. The van der Waals surface area contributed by atoms with Crippen LogP contribution < -0.4 is 11.2 Å². The van der Waals surface area contributed by atoms with Crippen LogP contribution in [0.5, 0.6) is 0 Å². The lowest BCUT2D eigenvalue weighted by atomic mass is 10.2. The van der Waals surface area contributed by atoms with E-state index in [0.29, 0.717) is 16.9 Å². The van der Waals surface area contributed by atoms with Crippen LogP contribution >= 0.6 is 12.2 Å². The highest BCUT2D eigenvalue weighted by atomic mass is 32.2. The van der Waals surface area contributed by atoms with Gasteiger partial charge < -0.3 is 10.3 Å². The molecule has 0 aliphatic carbocycles. The van der Waals surface area contributed by atoms with Crippen molar-refractivity contribution in [1.82, 2.24) is 20.3 Å². The molecule has 0 saturated carbocycles. The van der Waals surface area contributed by atoms with Gasteiger partial charge in [-0.3, -0.25) is 4.79 Å². The molecular weight excluding hydrogens is 390 g/mol. The lowest BCUT2D eigenvalue weighted by Crippen LogP contribution is -2.51.